The van der Waals surface area contributed by atoms with Gasteiger partial charge in [0.15, 0.2) is 6.04 Å². The van der Waals surface area contributed by atoms with Crippen LogP contribution in [0.5, 0.6) is 0 Å². The Labute approximate surface area is 139 Å². The fraction of sp³-hybridized carbons (Fsp3) is 0.235. The van der Waals surface area contributed by atoms with Gasteiger partial charge >= 0.3 is 5.97 Å². The van der Waals surface area contributed by atoms with Crippen molar-refractivity contribution >= 4 is 33.9 Å². The Morgan fingerprint density at radius 1 is 1.41 bits per heavy atom. The molecule has 1 heterocycles. The predicted molar refractivity (Wildman–Crippen MR) is 92.7 cm³/mol. The number of hydrogen-bond donors (Lipinski definition) is 0. The van der Waals surface area contributed by atoms with Gasteiger partial charge in [-0.2, -0.15) is 0 Å². The molecule has 3 nitrogen and oxygen atoms in total. The van der Waals surface area contributed by atoms with Crippen molar-refractivity contribution in [1.82, 2.24) is 0 Å². The fourth-order valence-electron chi connectivity index (χ4n) is 2.24. The van der Waals surface area contributed by atoms with Crippen LogP contribution in [0.15, 0.2) is 54.4 Å². The molecule has 2 aromatic rings. The van der Waals surface area contributed by atoms with Gasteiger partial charge in [0.2, 0.25) is 0 Å². The molecule has 0 amide bonds. The lowest BCUT2D eigenvalue weighted by molar-refractivity contribution is -0.144. The van der Waals surface area contributed by atoms with Crippen LogP contribution in [0.25, 0.3) is 0 Å². The topological polar surface area (TPSA) is 29.5 Å². The summed E-state index contributed by atoms with van der Waals surface area (Å²) in [6, 6.07) is 10.7. The number of carbonyl (C=O) groups excluding carboxylic acids is 1. The van der Waals surface area contributed by atoms with Crippen LogP contribution in [0, 0.1) is 0 Å². The van der Waals surface area contributed by atoms with E-state index in [2.05, 4.69) is 6.58 Å². The molecule has 1 aromatic carbocycles. The van der Waals surface area contributed by atoms with Gasteiger partial charge in [0.25, 0.3) is 0 Å². The molecule has 0 N–H and O–H groups in total. The van der Waals surface area contributed by atoms with Crippen molar-refractivity contribution < 1.29 is 9.53 Å². The first-order valence-electron chi connectivity index (χ1n) is 7.01. The number of rotatable bonds is 7. The number of likely N-dealkylation sites (N-methyl/N-ethyl adjacent to an activating group) is 1. The van der Waals surface area contributed by atoms with E-state index >= 15 is 0 Å². The van der Waals surface area contributed by atoms with E-state index < -0.39 is 6.04 Å². The highest BCUT2D eigenvalue weighted by molar-refractivity contribution is 7.14. The van der Waals surface area contributed by atoms with Crippen LogP contribution in [0.3, 0.4) is 0 Å². The number of thiophene rings is 1. The highest BCUT2D eigenvalue weighted by atomic mass is 35.5. The highest BCUT2D eigenvalue weighted by Gasteiger charge is 2.30. The van der Waals surface area contributed by atoms with Gasteiger partial charge < -0.3 is 9.64 Å². The van der Waals surface area contributed by atoms with Crippen LogP contribution in [-0.2, 0) is 9.53 Å². The van der Waals surface area contributed by atoms with Crippen molar-refractivity contribution in [2.45, 2.75) is 13.0 Å². The van der Waals surface area contributed by atoms with Crippen LogP contribution in [-0.4, -0.2) is 19.1 Å². The molecule has 0 aliphatic carbocycles. The van der Waals surface area contributed by atoms with Gasteiger partial charge in [0.1, 0.15) is 6.61 Å². The summed E-state index contributed by atoms with van der Waals surface area (Å²) in [7, 11) is 0. The second kappa shape index (κ2) is 8.01. The van der Waals surface area contributed by atoms with Crippen LogP contribution in [0.4, 0.5) is 5.00 Å². The van der Waals surface area contributed by atoms with E-state index in [0.717, 1.165) is 10.6 Å². The second-order valence-electron chi connectivity index (χ2n) is 4.58. The number of anilines is 1. The maximum Gasteiger partial charge on any atom is 0.333 e. The van der Waals surface area contributed by atoms with Crippen molar-refractivity contribution in [3.05, 3.63) is 65.0 Å². The summed E-state index contributed by atoms with van der Waals surface area (Å²) in [6.07, 6.45) is 1.56. The van der Waals surface area contributed by atoms with E-state index in [1.807, 2.05) is 47.5 Å². The normalized spacial score (nSPS) is 11.7. The van der Waals surface area contributed by atoms with Gasteiger partial charge in [-0.15, -0.1) is 11.3 Å². The molecule has 0 fully saturated rings. The van der Waals surface area contributed by atoms with Crippen LogP contribution < -0.4 is 4.90 Å². The molecule has 5 heteroatoms. The second-order valence-corrected chi connectivity index (χ2v) is 5.91. The first-order valence-corrected chi connectivity index (χ1v) is 8.27. The number of halogens is 1. The third kappa shape index (κ3) is 3.70. The lowest BCUT2D eigenvalue weighted by Gasteiger charge is -2.30. The zero-order chi connectivity index (χ0) is 15.9. The van der Waals surface area contributed by atoms with Gasteiger partial charge in [0, 0.05) is 17.1 Å². The quantitative estimate of drug-likeness (QED) is 0.542. The van der Waals surface area contributed by atoms with Crippen molar-refractivity contribution in [2.75, 3.05) is 18.1 Å². The van der Waals surface area contributed by atoms with Gasteiger partial charge in [-0.1, -0.05) is 42.5 Å². The largest absolute Gasteiger partial charge is 0.460 e. The Morgan fingerprint density at radius 2 is 2.18 bits per heavy atom. The molecule has 0 saturated carbocycles. The molecule has 116 valence electrons. The van der Waals surface area contributed by atoms with E-state index in [0.29, 0.717) is 11.6 Å². The number of nitrogens with zero attached hydrogens (tertiary/aromatic N) is 1. The minimum Gasteiger partial charge on any atom is -0.460 e. The van der Waals surface area contributed by atoms with E-state index in [9.17, 15) is 4.79 Å². The van der Waals surface area contributed by atoms with Crippen molar-refractivity contribution in [3.63, 3.8) is 0 Å². The maximum atomic E-state index is 12.6. The molecule has 0 radical (unpaired) electrons. The lowest BCUT2D eigenvalue weighted by Crippen LogP contribution is -2.35. The minimum atomic E-state index is -0.572. The summed E-state index contributed by atoms with van der Waals surface area (Å²) in [5, 5.41) is 3.54. The molecule has 0 aliphatic heterocycles. The van der Waals surface area contributed by atoms with Gasteiger partial charge in [-0.05, 0) is 30.5 Å². The van der Waals surface area contributed by atoms with Gasteiger partial charge in [-0.25, -0.2) is 4.79 Å². The third-order valence-corrected chi connectivity index (χ3v) is 4.46. The van der Waals surface area contributed by atoms with Crippen molar-refractivity contribution in [1.29, 1.82) is 0 Å². The summed E-state index contributed by atoms with van der Waals surface area (Å²) < 4.78 is 5.29. The Kier molecular flexibility index (Phi) is 6.04. The number of benzene rings is 1. The molecule has 0 saturated heterocycles. The molecular weight excluding hydrogens is 318 g/mol. The SMILES string of the molecule is C=CCOC(=O)[C@H](c1ccccc1Cl)N(CC)c1cccs1. The average molecular weight is 336 g/mol. The van der Waals surface area contributed by atoms with Crippen molar-refractivity contribution in [2.24, 2.45) is 0 Å². The molecule has 1 aromatic heterocycles. The molecular formula is C17H18ClNO2S. The molecule has 22 heavy (non-hydrogen) atoms. The summed E-state index contributed by atoms with van der Waals surface area (Å²) in [6.45, 7) is 6.44. The predicted octanol–water partition coefficient (Wildman–Crippen LogP) is 4.70. The van der Waals surface area contributed by atoms with E-state index in [1.54, 1.807) is 23.5 Å². The fourth-order valence-corrected chi connectivity index (χ4v) is 3.30. The summed E-state index contributed by atoms with van der Waals surface area (Å²) in [5.74, 6) is -0.330. The number of carbonyl (C=O) groups is 1. The lowest BCUT2D eigenvalue weighted by atomic mass is 10.1. The van der Waals surface area contributed by atoms with E-state index in [1.165, 1.54) is 0 Å². The van der Waals surface area contributed by atoms with Gasteiger partial charge in [0.05, 0.1) is 5.00 Å². The van der Waals surface area contributed by atoms with E-state index in [4.69, 9.17) is 16.3 Å². The highest BCUT2D eigenvalue weighted by Crippen LogP contribution is 2.34. The smallest absolute Gasteiger partial charge is 0.333 e. The van der Waals surface area contributed by atoms with E-state index in [-0.39, 0.29) is 12.6 Å². The molecule has 0 unspecified atom stereocenters. The molecule has 0 bridgehead atoms. The molecule has 1 atom stereocenters. The standard InChI is InChI=1S/C17H18ClNO2S/c1-3-11-21-17(20)16(13-8-5-6-9-14(13)18)19(4-2)15-10-7-12-22-15/h3,5-10,12,16H,1,4,11H2,2H3/t16-/m0/s1. The molecule has 0 aliphatic rings. The summed E-state index contributed by atoms with van der Waals surface area (Å²) in [4.78, 5) is 14.6. The minimum absolute atomic E-state index is 0.182. The zero-order valence-electron chi connectivity index (χ0n) is 12.4. The third-order valence-electron chi connectivity index (χ3n) is 3.21. The maximum absolute atomic E-state index is 12.6. The Balaban J connectivity index is 2.42. The Bertz CT molecular complexity index is 627. The average Bonchev–Trinajstić information content (AvgIpc) is 3.05. The number of ether oxygens (including phenoxy) is 1. The van der Waals surface area contributed by atoms with Crippen molar-refractivity contribution in [3.8, 4) is 0 Å². The van der Waals surface area contributed by atoms with Crippen LogP contribution >= 0.6 is 22.9 Å². The summed E-state index contributed by atoms with van der Waals surface area (Å²) in [5.41, 5.74) is 0.744. The Morgan fingerprint density at radius 3 is 2.77 bits per heavy atom. The first-order chi connectivity index (χ1) is 10.7. The number of esters is 1. The molecule has 0 spiro atoms. The Hall–Kier alpha value is -1.78. The monoisotopic (exact) mass is 335 g/mol. The molecule has 2 rings (SSSR count). The first kappa shape index (κ1) is 16.6. The zero-order valence-corrected chi connectivity index (χ0v) is 13.9. The number of hydrogen-bond acceptors (Lipinski definition) is 4. The van der Waals surface area contributed by atoms with Crippen LogP contribution in [0.2, 0.25) is 5.02 Å². The summed E-state index contributed by atoms with van der Waals surface area (Å²) >= 11 is 7.89. The van der Waals surface area contributed by atoms with Crippen LogP contribution in [0.1, 0.15) is 18.5 Å². The van der Waals surface area contributed by atoms with Gasteiger partial charge in [-0.3, -0.25) is 0 Å².